The van der Waals surface area contributed by atoms with Crippen molar-refractivity contribution in [1.82, 2.24) is 5.32 Å². The third-order valence-corrected chi connectivity index (χ3v) is 3.75. The number of rotatable bonds is 4. The SMILES string of the molecule is CCC(N)C(=O)N[C@@H](C)C1CCCCCC1. The van der Waals surface area contributed by atoms with Gasteiger partial charge in [-0.15, -0.1) is 0 Å². The standard InChI is InChI=1S/C13H26N2O/c1-3-12(14)13(16)15-10(2)11-8-6-4-5-7-9-11/h10-12H,3-9,14H2,1-2H3,(H,15,16)/t10-,12?/m0/s1. The van der Waals surface area contributed by atoms with E-state index in [1.807, 2.05) is 6.92 Å². The van der Waals surface area contributed by atoms with Crippen LogP contribution in [-0.2, 0) is 4.79 Å². The van der Waals surface area contributed by atoms with Gasteiger partial charge in [-0.3, -0.25) is 4.79 Å². The number of carbonyl (C=O) groups is 1. The first-order valence-electron chi connectivity index (χ1n) is 6.71. The zero-order valence-electron chi connectivity index (χ0n) is 10.7. The van der Waals surface area contributed by atoms with E-state index in [1.165, 1.54) is 38.5 Å². The Hall–Kier alpha value is -0.570. The molecule has 1 unspecified atom stereocenters. The Kier molecular flexibility index (Phi) is 5.81. The molecule has 16 heavy (non-hydrogen) atoms. The van der Waals surface area contributed by atoms with E-state index in [9.17, 15) is 4.79 Å². The molecule has 0 saturated heterocycles. The lowest BCUT2D eigenvalue weighted by molar-refractivity contribution is -0.123. The quantitative estimate of drug-likeness (QED) is 0.722. The van der Waals surface area contributed by atoms with E-state index in [0.717, 1.165) is 0 Å². The van der Waals surface area contributed by atoms with Gasteiger partial charge in [0.25, 0.3) is 0 Å². The van der Waals surface area contributed by atoms with Crippen molar-refractivity contribution in [2.75, 3.05) is 0 Å². The van der Waals surface area contributed by atoms with Crippen LogP contribution in [0.15, 0.2) is 0 Å². The summed E-state index contributed by atoms with van der Waals surface area (Å²) in [4.78, 5) is 11.7. The summed E-state index contributed by atoms with van der Waals surface area (Å²) in [6.45, 7) is 4.07. The van der Waals surface area contributed by atoms with Crippen LogP contribution in [0.4, 0.5) is 0 Å². The molecule has 0 spiro atoms. The summed E-state index contributed by atoms with van der Waals surface area (Å²) in [5, 5.41) is 3.06. The average molecular weight is 226 g/mol. The van der Waals surface area contributed by atoms with Crippen molar-refractivity contribution in [1.29, 1.82) is 0 Å². The first-order valence-corrected chi connectivity index (χ1v) is 6.71. The summed E-state index contributed by atoms with van der Waals surface area (Å²) < 4.78 is 0. The molecule has 1 aliphatic rings. The van der Waals surface area contributed by atoms with Crippen LogP contribution in [0.1, 0.15) is 58.8 Å². The highest BCUT2D eigenvalue weighted by atomic mass is 16.2. The predicted molar refractivity (Wildman–Crippen MR) is 67.1 cm³/mol. The van der Waals surface area contributed by atoms with Crippen LogP contribution < -0.4 is 11.1 Å². The topological polar surface area (TPSA) is 55.1 Å². The first kappa shape index (κ1) is 13.5. The van der Waals surface area contributed by atoms with Crippen molar-refractivity contribution >= 4 is 5.91 Å². The molecule has 1 aliphatic carbocycles. The van der Waals surface area contributed by atoms with Gasteiger partial charge in [0.15, 0.2) is 0 Å². The van der Waals surface area contributed by atoms with Gasteiger partial charge in [0.1, 0.15) is 0 Å². The van der Waals surface area contributed by atoms with Crippen molar-refractivity contribution in [2.45, 2.75) is 70.9 Å². The molecule has 1 rings (SSSR count). The average Bonchev–Trinajstić information content (AvgIpc) is 2.56. The molecule has 1 fully saturated rings. The van der Waals surface area contributed by atoms with Gasteiger partial charge in [-0.25, -0.2) is 0 Å². The lowest BCUT2D eigenvalue weighted by atomic mass is 9.93. The lowest BCUT2D eigenvalue weighted by Gasteiger charge is -2.24. The molecular formula is C13H26N2O. The van der Waals surface area contributed by atoms with Crippen LogP contribution in [0.3, 0.4) is 0 Å². The number of amides is 1. The molecular weight excluding hydrogens is 200 g/mol. The maximum atomic E-state index is 11.7. The molecule has 3 nitrogen and oxygen atoms in total. The van der Waals surface area contributed by atoms with Gasteiger partial charge in [0, 0.05) is 6.04 Å². The van der Waals surface area contributed by atoms with E-state index >= 15 is 0 Å². The van der Waals surface area contributed by atoms with Gasteiger partial charge in [-0.1, -0.05) is 32.6 Å². The summed E-state index contributed by atoms with van der Waals surface area (Å²) in [5.41, 5.74) is 5.71. The number of nitrogens with one attached hydrogen (secondary N) is 1. The molecule has 2 atom stereocenters. The second kappa shape index (κ2) is 6.89. The van der Waals surface area contributed by atoms with Crippen molar-refractivity contribution in [3.05, 3.63) is 0 Å². The minimum absolute atomic E-state index is 0.0132. The number of nitrogens with two attached hydrogens (primary N) is 1. The first-order chi connectivity index (χ1) is 7.65. The van der Waals surface area contributed by atoms with Gasteiger partial charge in [-0.2, -0.15) is 0 Å². The summed E-state index contributed by atoms with van der Waals surface area (Å²) in [6, 6.07) is -0.0589. The third-order valence-electron chi connectivity index (χ3n) is 3.75. The Balaban J connectivity index is 2.37. The van der Waals surface area contributed by atoms with Crippen LogP contribution in [0.25, 0.3) is 0 Å². The van der Waals surface area contributed by atoms with Crippen LogP contribution in [-0.4, -0.2) is 18.0 Å². The predicted octanol–water partition coefficient (Wildman–Crippen LogP) is 2.20. The minimum Gasteiger partial charge on any atom is -0.352 e. The maximum absolute atomic E-state index is 11.7. The summed E-state index contributed by atoms with van der Waals surface area (Å²) in [5.74, 6) is 0.662. The summed E-state index contributed by atoms with van der Waals surface area (Å²) in [6.07, 6.45) is 8.54. The van der Waals surface area contributed by atoms with E-state index in [1.54, 1.807) is 0 Å². The summed E-state index contributed by atoms with van der Waals surface area (Å²) >= 11 is 0. The number of hydrogen-bond donors (Lipinski definition) is 2. The lowest BCUT2D eigenvalue weighted by Crippen LogP contribution is -2.46. The Morgan fingerprint density at radius 3 is 2.38 bits per heavy atom. The largest absolute Gasteiger partial charge is 0.352 e. The van der Waals surface area contributed by atoms with Crippen LogP contribution in [0.2, 0.25) is 0 Å². The molecule has 3 heteroatoms. The fourth-order valence-corrected chi connectivity index (χ4v) is 2.45. The molecule has 1 amide bonds. The van der Waals surface area contributed by atoms with E-state index < -0.39 is 0 Å². The molecule has 0 aromatic rings. The van der Waals surface area contributed by atoms with Crippen molar-refractivity contribution in [3.8, 4) is 0 Å². The number of hydrogen-bond acceptors (Lipinski definition) is 2. The number of carbonyl (C=O) groups excluding carboxylic acids is 1. The molecule has 3 N–H and O–H groups in total. The monoisotopic (exact) mass is 226 g/mol. The fourth-order valence-electron chi connectivity index (χ4n) is 2.45. The van der Waals surface area contributed by atoms with Gasteiger partial charge >= 0.3 is 0 Å². The van der Waals surface area contributed by atoms with Gasteiger partial charge in [0.2, 0.25) is 5.91 Å². The fraction of sp³-hybridized carbons (Fsp3) is 0.923. The normalized spacial score (nSPS) is 22.2. The maximum Gasteiger partial charge on any atom is 0.237 e. The highest BCUT2D eigenvalue weighted by Gasteiger charge is 2.22. The molecule has 0 radical (unpaired) electrons. The molecule has 0 heterocycles. The van der Waals surface area contributed by atoms with Gasteiger partial charge in [0.05, 0.1) is 6.04 Å². The van der Waals surface area contributed by atoms with Gasteiger partial charge < -0.3 is 11.1 Å². The Labute approximate surface area is 99.2 Å². The zero-order chi connectivity index (χ0) is 12.0. The van der Waals surface area contributed by atoms with Crippen LogP contribution in [0.5, 0.6) is 0 Å². The molecule has 0 aliphatic heterocycles. The molecule has 94 valence electrons. The van der Waals surface area contributed by atoms with E-state index in [2.05, 4.69) is 12.2 Å². The van der Waals surface area contributed by atoms with Gasteiger partial charge in [-0.05, 0) is 32.1 Å². The highest BCUT2D eigenvalue weighted by molar-refractivity contribution is 5.81. The second-order valence-corrected chi connectivity index (χ2v) is 5.06. The molecule has 1 saturated carbocycles. The molecule has 0 aromatic heterocycles. The smallest absolute Gasteiger partial charge is 0.237 e. The molecule has 0 bridgehead atoms. The minimum atomic E-state index is -0.340. The van der Waals surface area contributed by atoms with Crippen molar-refractivity contribution in [3.63, 3.8) is 0 Å². The van der Waals surface area contributed by atoms with Crippen LogP contribution in [0, 0.1) is 5.92 Å². The summed E-state index contributed by atoms with van der Waals surface area (Å²) in [7, 11) is 0. The Morgan fingerprint density at radius 1 is 1.31 bits per heavy atom. The Morgan fingerprint density at radius 2 is 1.88 bits per heavy atom. The molecule has 0 aromatic carbocycles. The second-order valence-electron chi connectivity index (χ2n) is 5.06. The highest BCUT2D eigenvalue weighted by Crippen LogP contribution is 2.25. The van der Waals surface area contributed by atoms with E-state index in [4.69, 9.17) is 5.73 Å². The third kappa shape index (κ3) is 4.12. The van der Waals surface area contributed by atoms with E-state index in [0.29, 0.717) is 12.3 Å². The van der Waals surface area contributed by atoms with Crippen molar-refractivity contribution < 1.29 is 4.79 Å². The zero-order valence-corrected chi connectivity index (χ0v) is 10.7. The van der Waals surface area contributed by atoms with E-state index in [-0.39, 0.29) is 18.0 Å². The Bertz CT molecular complexity index is 210. The van der Waals surface area contributed by atoms with Crippen molar-refractivity contribution in [2.24, 2.45) is 11.7 Å². The van der Waals surface area contributed by atoms with Crippen LogP contribution >= 0.6 is 0 Å².